The van der Waals surface area contributed by atoms with Gasteiger partial charge in [-0.3, -0.25) is 4.79 Å². The van der Waals surface area contributed by atoms with Crippen molar-refractivity contribution in [2.24, 2.45) is 0 Å². The van der Waals surface area contributed by atoms with Crippen molar-refractivity contribution in [1.29, 1.82) is 0 Å². The van der Waals surface area contributed by atoms with E-state index in [0.29, 0.717) is 28.9 Å². The first kappa shape index (κ1) is 18.5. The van der Waals surface area contributed by atoms with Crippen LogP contribution in [0.4, 0.5) is 0 Å². The molecule has 28 heavy (non-hydrogen) atoms. The molecule has 6 nitrogen and oxygen atoms in total. The van der Waals surface area contributed by atoms with Crippen LogP contribution < -0.4 is 10.1 Å². The number of halogens is 1. The number of amides is 1. The van der Waals surface area contributed by atoms with E-state index in [4.69, 9.17) is 16.3 Å². The van der Waals surface area contributed by atoms with E-state index in [9.17, 15) is 4.79 Å². The highest BCUT2D eigenvalue weighted by atomic mass is 35.5. The second kappa shape index (κ2) is 7.64. The number of aromatic nitrogens is 3. The molecule has 1 amide bonds. The molecule has 0 bridgehead atoms. The molecule has 3 aromatic rings. The van der Waals surface area contributed by atoms with Crippen LogP contribution in [-0.2, 0) is 6.54 Å². The minimum atomic E-state index is -0.248. The van der Waals surface area contributed by atoms with Gasteiger partial charge in [-0.15, -0.1) is 5.10 Å². The Hall–Kier alpha value is -2.86. The van der Waals surface area contributed by atoms with Crippen molar-refractivity contribution in [3.05, 3.63) is 70.0 Å². The van der Waals surface area contributed by atoms with Gasteiger partial charge in [0, 0.05) is 23.0 Å². The number of methoxy groups -OCH3 is 1. The van der Waals surface area contributed by atoms with Gasteiger partial charge in [0.1, 0.15) is 5.75 Å². The molecule has 4 rings (SSSR count). The summed E-state index contributed by atoms with van der Waals surface area (Å²) in [4.78, 5) is 12.9. The van der Waals surface area contributed by atoms with E-state index in [-0.39, 0.29) is 5.91 Å². The number of hydrogen-bond acceptors (Lipinski definition) is 4. The number of nitrogens with one attached hydrogen (secondary N) is 1. The predicted molar refractivity (Wildman–Crippen MR) is 107 cm³/mol. The fourth-order valence-corrected chi connectivity index (χ4v) is 3.39. The smallest absolute Gasteiger partial charge is 0.274 e. The first-order valence-corrected chi connectivity index (χ1v) is 9.58. The lowest BCUT2D eigenvalue weighted by Crippen LogP contribution is -2.24. The van der Waals surface area contributed by atoms with E-state index >= 15 is 0 Å². The molecule has 0 spiro atoms. The van der Waals surface area contributed by atoms with Gasteiger partial charge in [-0.1, -0.05) is 34.5 Å². The zero-order chi connectivity index (χ0) is 19.7. The third kappa shape index (κ3) is 3.73. The van der Waals surface area contributed by atoms with E-state index in [1.54, 1.807) is 30.0 Å². The highest BCUT2D eigenvalue weighted by molar-refractivity contribution is 6.30. The number of carbonyl (C=O) groups is 1. The number of aryl methyl sites for hydroxylation is 1. The highest BCUT2D eigenvalue weighted by Crippen LogP contribution is 2.42. The number of nitrogens with zero attached hydrogens (tertiary/aromatic N) is 3. The van der Waals surface area contributed by atoms with Crippen LogP contribution in [0.15, 0.2) is 42.5 Å². The summed E-state index contributed by atoms with van der Waals surface area (Å²) >= 11 is 6.07. The van der Waals surface area contributed by atoms with E-state index < -0.39 is 0 Å². The molecule has 144 valence electrons. The van der Waals surface area contributed by atoms with E-state index in [0.717, 1.165) is 29.8 Å². The van der Waals surface area contributed by atoms with Crippen molar-refractivity contribution < 1.29 is 9.53 Å². The van der Waals surface area contributed by atoms with Crippen LogP contribution in [0.2, 0.25) is 5.02 Å². The lowest BCUT2D eigenvalue weighted by atomic mass is 10.1. The average molecular weight is 397 g/mol. The largest absolute Gasteiger partial charge is 0.496 e. The van der Waals surface area contributed by atoms with Gasteiger partial charge in [-0.2, -0.15) is 0 Å². The molecule has 1 saturated carbocycles. The molecule has 1 aliphatic carbocycles. The Morgan fingerprint density at radius 2 is 2.00 bits per heavy atom. The van der Waals surface area contributed by atoms with E-state index in [2.05, 4.69) is 15.6 Å². The minimum absolute atomic E-state index is 0.248. The van der Waals surface area contributed by atoms with Crippen molar-refractivity contribution in [2.75, 3.05) is 7.11 Å². The fourth-order valence-electron chi connectivity index (χ4n) is 3.20. The summed E-state index contributed by atoms with van der Waals surface area (Å²) in [6.45, 7) is 2.33. The molecule has 1 aromatic heterocycles. The summed E-state index contributed by atoms with van der Waals surface area (Å²) < 4.78 is 7.12. The van der Waals surface area contributed by atoms with Gasteiger partial charge in [0.2, 0.25) is 0 Å². The van der Waals surface area contributed by atoms with Crippen molar-refractivity contribution in [3.63, 3.8) is 0 Å². The SMILES string of the molecule is COc1ccc(Cl)cc1CNC(=O)c1nnn(-c2ccc(C)cc2)c1C1CC1. The molecule has 0 aliphatic heterocycles. The monoisotopic (exact) mass is 396 g/mol. The molecule has 1 aliphatic rings. The number of carbonyl (C=O) groups excluding carboxylic acids is 1. The molecule has 1 heterocycles. The molecule has 1 fully saturated rings. The van der Waals surface area contributed by atoms with Gasteiger partial charge >= 0.3 is 0 Å². The predicted octanol–water partition coefficient (Wildman–Crippen LogP) is 4.05. The van der Waals surface area contributed by atoms with Crippen molar-refractivity contribution in [3.8, 4) is 11.4 Å². The molecule has 0 atom stereocenters. The van der Waals surface area contributed by atoms with Gasteiger partial charge in [0.25, 0.3) is 5.91 Å². The zero-order valence-electron chi connectivity index (χ0n) is 15.8. The summed E-state index contributed by atoms with van der Waals surface area (Å²) in [6.07, 6.45) is 2.09. The number of benzene rings is 2. The van der Waals surface area contributed by atoms with E-state index in [1.807, 2.05) is 31.2 Å². The maximum Gasteiger partial charge on any atom is 0.274 e. The summed E-state index contributed by atoms with van der Waals surface area (Å²) in [7, 11) is 1.59. The Morgan fingerprint density at radius 1 is 1.25 bits per heavy atom. The molecule has 0 saturated heterocycles. The first-order chi connectivity index (χ1) is 13.6. The second-order valence-corrected chi connectivity index (χ2v) is 7.42. The minimum Gasteiger partial charge on any atom is -0.496 e. The molecule has 0 unspecified atom stereocenters. The lowest BCUT2D eigenvalue weighted by Gasteiger charge is -2.10. The molecular weight excluding hydrogens is 376 g/mol. The summed E-state index contributed by atoms with van der Waals surface area (Å²) in [5, 5.41) is 12.0. The average Bonchev–Trinajstić information content (AvgIpc) is 3.45. The molecule has 2 aromatic carbocycles. The Balaban J connectivity index is 1.58. The van der Waals surface area contributed by atoms with Crippen LogP contribution >= 0.6 is 11.6 Å². The van der Waals surface area contributed by atoms with Crippen LogP contribution in [0.5, 0.6) is 5.75 Å². The summed E-state index contributed by atoms with van der Waals surface area (Å²) in [6, 6.07) is 13.4. The lowest BCUT2D eigenvalue weighted by molar-refractivity contribution is 0.0944. The Kier molecular flexibility index (Phi) is 5.05. The van der Waals surface area contributed by atoms with Crippen molar-refractivity contribution in [1.82, 2.24) is 20.3 Å². The Bertz CT molecular complexity index is 1010. The van der Waals surface area contributed by atoms with Crippen LogP contribution in [-0.4, -0.2) is 28.0 Å². The molecule has 1 N–H and O–H groups in total. The topological polar surface area (TPSA) is 69.0 Å². The van der Waals surface area contributed by atoms with Gasteiger partial charge in [-0.05, 0) is 50.1 Å². The molecule has 0 radical (unpaired) electrons. The van der Waals surface area contributed by atoms with Gasteiger partial charge in [-0.25, -0.2) is 4.68 Å². The molecule has 7 heteroatoms. The maximum atomic E-state index is 12.9. The van der Waals surface area contributed by atoms with Crippen LogP contribution in [0.1, 0.15) is 46.1 Å². The normalized spacial score (nSPS) is 13.4. The third-order valence-electron chi connectivity index (χ3n) is 4.84. The first-order valence-electron chi connectivity index (χ1n) is 9.20. The van der Waals surface area contributed by atoms with E-state index in [1.165, 1.54) is 5.56 Å². The Labute approximate surface area is 168 Å². The number of hydrogen-bond donors (Lipinski definition) is 1. The van der Waals surface area contributed by atoms with Gasteiger partial charge in [0.15, 0.2) is 5.69 Å². The molecular formula is C21H21ClN4O2. The van der Waals surface area contributed by atoms with Crippen LogP contribution in [0.25, 0.3) is 5.69 Å². The van der Waals surface area contributed by atoms with Crippen molar-refractivity contribution in [2.45, 2.75) is 32.2 Å². The van der Waals surface area contributed by atoms with Gasteiger partial charge < -0.3 is 10.1 Å². The zero-order valence-corrected chi connectivity index (χ0v) is 16.5. The van der Waals surface area contributed by atoms with Gasteiger partial charge in [0.05, 0.1) is 18.5 Å². The standard InChI is InChI=1S/C21H21ClN4O2/c1-13-3-8-17(9-4-13)26-20(14-5-6-14)19(24-25-26)21(27)23-12-15-11-16(22)7-10-18(15)28-2/h3-4,7-11,14H,5-6,12H2,1-2H3,(H,23,27). The fraction of sp³-hybridized carbons (Fsp3) is 0.286. The number of ether oxygens (including phenoxy) is 1. The van der Waals surface area contributed by atoms with Crippen LogP contribution in [0, 0.1) is 6.92 Å². The summed E-state index contributed by atoms with van der Waals surface area (Å²) in [5.41, 5.74) is 4.14. The quantitative estimate of drug-likeness (QED) is 0.682. The summed E-state index contributed by atoms with van der Waals surface area (Å²) in [5.74, 6) is 0.746. The highest BCUT2D eigenvalue weighted by Gasteiger charge is 2.34. The van der Waals surface area contributed by atoms with Crippen LogP contribution in [0.3, 0.4) is 0 Å². The maximum absolute atomic E-state index is 12.9. The van der Waals surface area contributed by atoms with Crippen molar-refractivity contribution >= 4 is 17.5 Å². The second-order valence-electron chi connectivity index (χ2n) is 6.98. The Morgan fingerprint density at radius 3 is 2.68 bits per heavy atom. The third-order valence-corrected chi connectivity index (χ3v) is 5.08. The number of rotatable bonds is 6.